The van der Waals surface area contributed by atoms with Crippen LogP contribution < -0.4 is 0 Å². The molecule has 0 bridgehead atoms. The summed E-state index contributed by atoms with van der Waals surface area (Å²) in [5, 5.41) is 7.53. The minimum atomic E-state index is 0.0473. The summed E-state index contributed by atoms with van der Waals surface area (Å²) in [6.45, 7) is 3.46. The third-order valence-corrected chi connectivity index (χ3v) is 4.59. The number of H-pyrrole nitrogens is 1. The van der Waals surface area contributed by atoms with E-state index in [1.807, 2.05) is 15.5 Å². The highest BCUT2D eigenvalue weighted by Gasteiger charge is 2.31. The average molecular weight is 324 g/mol. The number of hydrogen-bond acceptors (Lipinski definition) is 4. The molecule has 1 aromatic carbocycles. The Morgan fingerprint density at radius 2 is 2.17 bits per heavy atom. The van der Waals surface area contributed by atoms with Gasteiger partial charge in [0.15, 0.2) is 0 Å². The van der Waals surface area contributed by atoms with Crippen molar-refractivity contribution in [3.8, 4) is 0 Å². The van der Waals surface area contributed by atoms with Crippen molar-refractivity contribution in [3.63, 3.8) is 0 Å². The van der Waals surface area contributed by atoms with Gasteiger partial charge in [0.2, 0.25) is 5.91 Å². The number of likely N-dealkylation sites (tertiary alicyclic amines) is 1. The van der Waals surface area contributed by atoms with Crippen molar-refractivity contribution >= 4 is 16.9 Å². The summed E-state index contributed by atoms with van der Waals surface area (Å²) < 4.78 is 1.83. The predicted octanol–water partition coefficient (Wildman–Crippen LogP) is 2.22. The molecular formula is C17H20N6O. The molecule has 2 aromatic heterocycles. The number of amides is 1. The molecule has 1 aliphatic rings. The van der Waals surface area contributed by atoms with Crippen molar-refractivity contribution in [1.29, 1.82) is 0 Å². The fraction of sp³-hybridized carbons (Fsp3) is 0.412. The molecule has 1 aliphatic heterocycles. The monoisotopic (exact) mass is 324 g/mol. The van der Waals surface area contributed by atoms with E-state index < -0.39 is 0 Å². The number of aromatic nitrogens is 5. The minimum absolute atomic E-state index is 0.0473. The van der Waals surface area contributed by atoms with Gasteiger partial charge in [0.25, 0.3) is 0 Å². The normalized spacial score (nSPS) is 17.7. The van der Waals surface area contributed by atoms with Gasteiger partial charge in [-0.05, 0) is 37.5 Å². The molecule has 1 amide bonds. The minimum Gasteiger partial charge on any atom is -0.340 e. The van der Waals surface area contributed by atoms with E-state index in [9.17, 15) is 4.79 Å². The Morgan fingerprint density at radius 1 is 1.33 bits per heavy atom. The summed E-state index contributed by atoms with van der Waals surface area (Å²) >= 11 is 0. The number of aromatic amines is 1. The zero-order chi connectivity index (χ0) is 16.5. The standard InChI is InChI=1S/C17H20N6O/c1-12-4-5-13-14(9-12)21-17(20-13)15-3-2-7-23(15)16(24)6-8-22-10-18-19-11-22/h4-5,9-11,15H,2-3,6-8H2,1H3,(H,20,21). The molecule has 0 saturated carbocycles. The van der Waals surface area contributed by atoms with Gasteiger partial charge in [-0.2, -0.15) is 0 Å². The fourth-order valence-electron chi connectivity index (χ4n) is 3.36. The van der Waals surface area contributed by atoms with Crippen molar-refractivity contribution in [1.82, 2.24) is 29.6 Å². The van der Waals surface area contributed by atoms with Crippen LogP contribution in [0.4, 0.5) is 0 Å². The Bertz CT molecular complexity index is 853. The van der Waals surface area contributed by atoms with Gasteiger partial charge in [-0.1, -0.05) is 6.07 Å². The van der Waals surface area contributed by atoms with Crippen molar-refractivity contribution < 1.29 is 4.79 Å². The Morgan fingerprint density at radius 3 is 3.00 bits per heavy atom. The van der Waals surface area contributed by atoms with Crippen LogP contribution in [0.5, 0.6) is 0 Å². The molecule has 4 rings (SSSR count). The summed E-state index contributed by atoms with van der Waals surface area (Å²) in [6.07, 6.45) is 5.69. The van der Waals surface area contributed by atoms with Crippen LogP contribution in [0.25, 0.3) is 11.0 Å². The number of imidazole rings is 1. The maximum atomic E-state index is 12.6. The van der Waals surface area contributed by atoms with Gasteiger partial charge in [-0.15, -0.1) is 10.2 Å². The number of benzene rings is 1. The number of carbonyl (C=O) groups is 1. The third kappa shape index (κ3) is 2.77. The van der Waals surface area contributed by atoms with E-state index >= 15 is 0 Å². The molecule has 7 heteroatoms. The summed E-state index contributed by atoms with van der Waals surface area (Å²) in [6, 6.07) is 6.23. The van der Waals surface area contributed by atoms with E-state index in [1.54, 1.807) is 12.7 Å². The van der Waals surface area contributed by atoms with Crippen molar-refractivity contribution in [3.05, 3.63) is 42.2 Å². The van der Waals surface area contributed by atoms with E-state index in [0.29, 0.717) is 13.0 Å². The molecule has 1 saturated heterocycles. The largest absolute Gasteiger partial charge is 0.340 e. The second kappa shape index (κ2) is 6.07. The number of hydrogen-bond donors (Lipinski definition) is 1. The number of nitrogens with zero attached hydrogens (tertiary/aromatic N) is 5. The van der Waals surface area contributed by atoms with Crippen LogP contribution in [-0.2, 0) is 11.3 Å². The number of nitrogens with one attached hydrogen (secondary N) is 1. The van der Waals surface area contributed by atoms with Crippen molar-refractivity contribution in [2.75, 3.05) is 6.54 Å². The molecule has 0 radical (unpaired) electrons. The highest BCUT2D eigenvalue weighted by molar-refractivity contribution is 5.78. The smallest absolute Gasteiger partial charge is 0.224 e. The quantitative estimate of drug-likeness (QED) is 0.798. The zero-order valence-electron chi connectivity index (χ0n) is 13.6. The second-order valence-corrected chi connectivity index (χ2v) is 6.34. The Labute approximate surface area is 139 Å². The van der Waals surface area contributed by atoms with Gasteiger partial charge < -0.3 is 14.5 Å². The Hall–Kier alpha value is -2.70. The summed E-state index contributed by atoms with van der Waals surface area (Å²) in [5.74, 6) is 1.05. The van der Waals surface area contributed by atoms with Gasteiger partial charge in [-0.3, -0.25) is 4.79 Å². The number of rotatable bonds is 4. The van der Waals surface area contributed by atoms with E-state index in [1.165, 1.54) is 5.56 Å². The van der Waals surface area contributed by atoms with Crippen LogP contribution in [-0.4, -0.2) is 42.1 Å². The molecular weight excluding hydrogens is 304 g/mol. The number of carbonyl (C=O) groups excluding carboxylic acids is 1. The number of fused-ring (bicyclic) bond motifs is 1. The molecule has 0 aliphatic carbocycles. The third-order valence-electron chi connectivity index (χ3n) is 4.59. The van der Waals surface area contributed by atoms with Gasteiger partial charge >= 0.3 is 0 Å². The Kier molecular flexibility index (Phi) is 3.76. The van der Waals surface area contributed by atoms with E-state index in [2.05, 4.69) is 34.2 Å². The second-order valence-electron chi connectivity index (χ2n) is 6.34. The van der Waals surface area contributed by atoms with Crippen LogP contribution in [0.3, 0.4) is 0 Å². The molecule has 3 aromatic rings. The van der Waals surface area contributed by atoms with Crippen molar-refractivity contribution in [2.24, 2.45) is 0 Å². The molecule has 124 valence electrons. The first-order valence-corrected chi connectivity index (χ1v) is 8.29. The maximum Gasteiger partial charge on any atom is 0.224 e. The highest BCUT2D eigenvalue weighted by atomic mass is 16.2. The van der Waals surface area contributed by atoms with Crippen LogP contribution in [0, 0.1) is 6.92 Å². The van der Waals surface area contributed by atoms with E-state index in [0.717, 1.165) is 36.2 Å². The molecule has 7 nitrogen and oxygen atoms in total. The van der Waals surface area contributed by atoms with E-state index in [4.69, 9.17) is 4.98 Å². The molecule has 1 atom stereocenters. The first kappa shape index (κ1) is 14.9. The average Bonchev–Trinajstić information content (AvgIpc) is 3.30. The molecule has 1 fully saturated rings. The van der Waals surface area contributed by atoms with E-state index in [-0.39, 0.29) is 11.9 Å². The van der Waals surface area contributed by atoms with Crippen LogP contribution in [0.1, 0.15) is 36.7 Å². The van der Waals surface area contributed by atoms with Crippen molar-refractivity contribution in [2.45, 2.75) is 38.8 Å². The number of aryl methyl sites for hydroxylation is 2. The first-order chi connectivity index (χ1) is 11.7. The molecule has 0 spiro atoms. The van der Waals surface area contributed by atoms with Crippen LogP contribution in [0.15, 0.2) is 30.9 Å². The highest BCUT2D eigenvalue weighted by Crippen LogP contribution is 2.32. The summed E-state index contributed by atoms with van der Waals surface area (Å²) in [7, 11) is 0. The predicted molar refractivity (Wildman–Crippen MR) is 89.2 cm³/mol. The Balaban J connectivity index is 1.51. The molecule has 3 heterocycles. The first-order valence-electron chi connectivity index (χ1n) is 8.29. The topological polar surface area (TPSA) is 79.7 Å². The van der Waals surface area contributed by atoms with Crippen LogP contribution in [0.2, 0.25) is 0 Å². The van der Waals surface area contributed by atoms with Gasteiger partial charge in [0.05, 0.1) is 17.1 Å². The lowest BCUT2D eigenvalue weighted by atomic mass is 10.2. The van der Waals surface area contributed by atoms with Gasteiger partial charge in [-0.25, -0.2) is 4.98 Å². The summed E-state index contributed by atoms with van der Waals surface area (Å²) in [5.41, 5.74) is 3.19. The lowest BCUT2D eigenvalue weighted by Crippen LogP contribution is -2.31. The molecule has 1 N–H and O–H groups in total. The van der Waals surface area contributed by atoms with Crippen LogP contribution >= 0.6 is 0 Å². The SMILES string of the molecule is Cc1ccc2nc(C3CCCN3C(=O)CCn3cnnc3)[nH]c2c1. The maximum absolute atomic E-state index is 12.6. The van der Waals surface area contributed by atoms with Gasteiger partial charge in [0, 0.05) is 19.5 Å². The lowest BCUT2D eigenvalue weighted by Gasteiger charge is -2.23. The fourth-order valence-corrected chi connectivity index (χ4v) is 3.36. The zero-order valence-corrected chi connectivity index (χ0v) is 13.6. The summed E-state index contributed by atoms with van der Waals surface area (Å²) in [4.78, 5) is 22.7. The molecule has 24 heavy (non-hydrogen) atoms. The molecule has 1 unspecified atom stereocenters. The lowest BCUT2D eigenvalue weighted by molar-refractivity contribution is -0.132. The van der Waals surface area contributed by atoms with Gasteiger partial charge in [0.1, 0.15) is 18.5 Å².